The third-order valence-electron chi connectivity index (χ3n) is 2.42. The van der Waals surface area contributed by atoms with Crippen LogP contribution in [0.15, 0.2) is 24.3 Å². The smallest absolute Gasteiger partial charge is 0.251 e. The van der Waals surface area contributed by atoms with Crippen molar-refractivity contribution >= 4 is 5.91 Å². The topological polar surface area (TPSA) is 38.8 Å². The van der Waals surface area contributed by atoms with Gasteiger partial charge in [-0.3, -0.25) is 4.79 Å². The Balaban J connectivity index is 2.58. The molecule has 0 aromatic heterocycles. The molecule has 94 valence electrons. The number of carbonyl (C=O) groups is 1. The van der Waals surface area contributed by atoms with Crippen LogP contribution in [0.2, 0.25) is 0 Å². The summed E-state index contributed by atoms with van der Waals surface area (Å²) in [4.78, 5) is 16.3. The van der Waals surface area contributed by atoms with E-state index in [0.717, 1.165) is 12.2 Å². The molecule has 1 aromatic carbocycles. The van der Waals surface area contributed by atoms with Gasteiger partial charge in [0.15, 0.2) is 5.75 Å². The Kier molecular flexibility index (Phi) is 4.82. The fourth-order valence-corrected chi connectivity index (χ4v) is 1.12. The molecule has 0 fully saturated rings. The second-order valence-electron chi connectivity index (χ2n) is 3.92. The molecule has 0 bridgehead atoms. The van der Waals surface area contributed by atoms with Gasteiger partial charge in [0.05, 0.1) is 6.10 Å². The summed E-state index contributed by atoms with van der Waals surface area (Å²) in [5, 5.41) is 1.19. The second-order valence-corrected chi connectivity index (χ2v) is 3.92. The predicted molar refractivity (Wildman–Crippen MR) is 65.9 cm³/mol. The summed E-state index contributed by atoms with van der Waals surface area (Å²) in [5.74, 6) is 1.27. The molecule has 0 aliphatic carbocycles. The van der Waals surface area contributed by atoms with E-state index in [0.29, 0.717) is 5.75 Å². The van der Waals surface area contributed by atoms with Crippen molar-refractivity contribution in [2.24, 2.45) is 0 Å². The van der Waals surface area contributed by atoms with Gasteiger partial charge < -0.3 is 9.57 Å². The minimum Gasteiger partial charge on any atom is -0.491 e. The van der Waals surface area contributed by atoms with Crippen LogP contribution in [0.1, 0.15) is 27.2 Å². The summed E-state index contributed by atoms with van der Waals surface area (Å²) in [6.45, 7) is 5.54. The van der Waals surface area contributed by atoms with E-state index in [4.69, 9.17) is 9.57 Å². The third kappa shape index (κ3) is 4.34. The molecule has 4 nitrogen and oxygen atoms in total. The molecule has 0 saturated carbocycles. The van der Waals surface area contributed by atoms with Crippen LogP contribution in [0.5, 0.6) is 11.5 Å². The van der Waals surface area contributed by atoms with Crippen LogP contribution < -0.4 is 9.57 Å². The maximum atomic E-state index is 11.0. The molecule has 0 aliphatic heterocycles. The number of rotatable bonds is 5. The highest BCUT2D eigenvalue weighted by atomic mass is 16.7. The minimum atomic E-state index is -0.148. The Hall–Kier alpha value is -1.71. The average molecular weight is 237 g/mol. The lowest BCUT2D eigenvalue weighted by Gasteiger charge is -2.16. The molecule has 1 atom stereocenters. The molecule has 0 saturated heterocycles. The van der Waals surface area contributed by atoms with Gasteiger partial charge in [0, 0.05) is 14.0 Å². The van der Waals surface area contributed by atoms with Crippen LogP contribution in [0.4, 0.5) is 0 Å². The summed E-state index contributed by atoms with van der Waals surface area (Å²) >= 11 is 0. The molecule has 0 heterocycles. The van der Waals surface area contributed by atoms with Crippen LogP contribution in [-0.2, 0) is 4.79 Å². The largest absolute Gasteiger partial charge is 0.491 e. The monoisotopic (exact) mass is 237 g/mol. The van der Waals surface area contributed by atoms with Crippen molar-refractivity contribution in [2.75, 3.05) is 7.05 Å². The number of hydrogen-bond donors (Lipinski definition) is 0. The fourth-order valence-electron chi connectivity index (χ4n) is 1.12. The summed E-state index contributed by atoms with van der Waals surface area (Å²) in [6.07, 6.45) is 1.16. The Bertz CT molecular complexity index is 361. The summed E-state index contributed by atoms with van der Waals surface area (Å²) in [6, 6.07) is 7.21. The zero-order valence-corrected chi connectivity index (χ0v) is 10.8. The lowest BCUT2D eigenvalue weighted by Crippen LogP contribution is -2.27. The van der Waals surface area contributed by atoms with E-state index in [2.05, 4.69) is 6.92 Å². The van der Waals surface area contributed by atoms with E-state index in [1.165, 1.54) is 12.0 Å². The molecule has 1 amide bonds. The van der Waals surface area contributed by atoms with Crippen molar-refractivity contribution in [1.82, 2.24) is 5.06 Å². The molecule has 4 heteroatoms. The SMILES string of the molecule is CCC(C)Oc1ccc(ON(C)C(C)=O)cc1. The quantitative estimate of drug-likeness (QED) is 0.739. The van der Waals surface area contributed by atoms with Crippen LogP contribution in [0.3, 0.4) is 0 Å². The number of hydroxylamine groups is 2. The van der Waals surface area contributed by atoms with Crippen LogP contribution in [-0.4, -0.2) is 24.1 Å². The normalized spacial score (nSPS) is 11.8. The number of nitrogens with zero attached hydrogens (tertiary/aromatic N) is 1. The lowest BCUT2D eigenvalue weighted by atomic mass is 10.3. The highest BCUT2D eigenvalue weighted by Crippen LogP contribution is 2.19. The van der Waals surface area contributed by atoms with Gasteiger partial charge in [-0.2, -0.15) is 5.06 Å². The molecule has 0 aliphatic rings. The van der Waals surface area contributed by atoms with Gasteiger partial charge in [0.25, 0.3) is 5.91 Å². The third-order valence-corrected chi connectivity index (χ3v) is 2.42. The second kappa shape index (κ2) is 6.13. The zero-order chi connectivity index (χ0) is 12.8. The number of hydrogen-bond acceptors (Lipinski definition) is 3. The molecule has 1 rings (SSSR count). The lowest BCUT2D eigenvalue weighted by molar-refractivity contribution is -0.149. The number of carbonyl (C=O) groups excluding carboxylic acids is 1. The van der Waals surface area contributed by atoms with Gasteiger partial charge in [0.1, 0.15) is 5.75 Å². The van der Waals surface area contributed by atoms with Crippen molar-refractivity contribution in [2.45, 2.75) is 33.3 Å². The Morgan fingerprint density at radius 1 is 1.29 bits per heavy atom. The van der Waals surface area contributed by atoms with E-state index in [-0.39, 0.29) is 12.0 Å². The first-order valence-electron chi connectivity index (χ1n) is 5.72. The van der Waals surface area contributed by atoms with Crippen LogP contribution in [0, 0.1) is 0 Å². The van der Waals surface area contributed by atoms with Gasteiger partial charge in [-0.25, -0.2) is 0 Å². The average Bonchev–Trinajstić information content (AvgIpc) is 2.31. The highest BCUT2D eigenvalue weighted by Gasteiger charge is 2.05. The van der Waals surface area contributed by atoms with E-state index in [1.807, 2.05) is 19.1 Å². The molecule has 0 spiro atoms. The van der Waals surface area contributed by atoms with Gasteiger partial charge in [-0.1, -0.05) is 6.92 Å². The Morgan fingerprint density at radius 3 is 2.29 bits per heavy atom. The Morgan fingerprint density at radius 2 is 1.82 bits per heavy atom. The Labute approximate surface area is 102 Å². The maximum Gasteiger partial charge on any atom is 0.251 e. The molecular weight excluding hydrogens is 218 g/mol. The van der Waals surface area contributed by atoms with Crippen molar-refractivity contribution < 1.29 is 14.4 Å². The number of amides is 1. The van der Waals surface area contributed by atoms with Gasteiger partial charge in [-0.15, -0.1) is 0 Å². The molecule has 0 N–H and O–H groups in total. The summed E-state index contributed by atoms with van der Waals surface area (Å²) in [5.41, 5.74) is 0. The van der Waals surface area contributed by atoms with Crippen molar-refractivity contribution in [1.29, 1.82) is 0 Å². The summed E-state index contributed by atoms with van der Waals surface area (Å²) < 4.78 is 5.63. The molecule has 17 heavy (non-hydrogen) atoms. The molecule has 1 unspecified atom stereocenters. The highest BCUT2D eigenvalue weighted by molar-refractivity contribution is 5.71. The standard InChI is InChI=1S/C13H19NO3/c1-5-10(2)16-12-6-8-13(9-7-12)17-14(4)11(3)15/h6-10H,5H2,1-4H3. The van der Waals surface area contributed by atoms with Crippen LogP contribution in [0.25, 0.3) is 0 Å². The zero-order valence-electron chi connectivity index (χ0n) is 10.8. The van der Waals surface area contributed by atoms with Gasteiger partial charge in [0.2, 0.25) is 0 Å². The van der Waals surface area contributed by atoms with Crippen molar-refractivity contribution in [3.05, 3.63) is 24.3 Å². The predicted octanol–water partition coefficient (Wildman–Crippen LogP) is 2.64. The number of ether oxygens (including phenoxy) is 1. The van der Waals surface area contributed by atoms with E-state index in [9.17, 15) is 4.79 Å². The van der Waals surface area contributed by atoms with Gasteiger partial charge >= 0.3 is 0 Å². The number of benzene rings is 1. The molecule has 1 aromatic rings. The van der Waals surface area contributed by atoms with E-state index >= 15 is 0 Å². The van der Waals surface area contributed by atoms with Crippen molar-refractivity contribution in [3.8, 4) is 11.5 Å². The molecular formula is C13H19NO3. The first-order chi connectivity index (χ1) is 8.02. The maximum absolute atomic E-state index is 11.0. The molecule has 0 radical (unpaired) electrons. The van der Waals surface area contributed by atoms with E-state index < -0.39 is 0 Å². The summed E-state index contributed by atoms with van der Waals surface area (Å²) in [7, 11) is 1.58. The van der Waals surface area contributed by atoms with Crippen LogP contribution >= 0.6 is 0 Å². The minimum absolute atomic E-state index is 0.148. The first kappa shape index (κ1) is 13.4. The van der Waals surface area contributed by atoms with Crippen molar-refractivity contribution in [3.63, 3.8) is 0 Å². The fraction of sp³-hybridized carbons (Fsp3) is 0.462. The van der Waals surface area contributed by atoms with Gasteiger partial charge in [-0.05, 0) is 37.6 Å². The van der Waals surface area contributed by atoms with E-state index in [1.54, 1.807) is 19.2 Å². The first-order valence-corrected chi connectivity index (χ1v) is 5.72.